The summed E-state index contributed by atoms with van der Waals surface area (Å²) in [4.78, 5) is 11.0. The molecule has 0 amide bonds. The number of hydrogen-bond acceptors (Lipinski definition) is 4. The quantitative estimate of drug-likeness (QED) is 0.772. The fourth-order valence-corrected chi connectivity index (χ4v) is 2.75. The van der Waals surface area contributed by atoms with Gasteiger partial charge in [-0.15, -0.1) is 10.2 Å². The van der Waals surface area contributed by atoms with E-state index in [9.17, 15) is 4.79 Å². The third-order valence-electron chi connectivity index (χ3n) is 4.07. The lowest BCUT2D eigenvalue weighted by atomic mass is 9.90. The Kier molecular flexibility index (Phi) is 5.21. The number of nitrogens with one attached hydrogen (secondary N) is 1. The number of hydrogen-bond donors (Lipinski definition) is 2. The van der Waals surface area contributed by atoms with Crippen LogP contribution in [-0.2, 0) is 11.2 Å². The van der Waals surface area contributed by atoms with Crippen molar-refractivity contribution in [3.8, 4) is 0 Å². The topological polar surface area (TPSA) is 80.0 Å². The number of carboxylic acid groups (broad SMARTS) is 1. The molecule has 1 saturated carbocycles. The maximum absolute atomic E-state index is 11.0. The van der Waals surface area contributed by atoms with Crippen molar-refractivity contribution in [1.82, 2.24) is 20.1 Å². The van der Waals surface area contributed by atoms with Crippen LogP contribution in [0.1, 0.15) is 76.6 Å². The Hall–Kier alpha value is -1.43. The van der Waals surface area contributed by atoms with Crippen molar-refractivity contribution in [2.75, 3.05) is 7.05 Å². The second-order valence-electron chi connectivity index (χ2n) is 7.43. The van der Waals surface area contributed by atoms with Gasteiger partial charge in [-0.05, 0) is 38.1 Å². The highest BCUT2D eigenvalue weighted by molar-refractivity contribution is 5.67. The van der Waals surface area contributed by atoms with Gasteiger partial charge in [0.2, 0.25) is 0 Å². The third-order valence-corrected chi connectivity index (χ3v) is 4.07. The summed E-state index contributed by atoms with van der Waals surface area (Å²) in [7, 11) is 1.78. The molecule has 2 rings (SSSR count). The second-order valence-corrected chi connectivity index (χ2v) is 7.43. The Bertz CT molecular complexity index is 515. The molecule has 0 aromatic carbocycles. The van der Waals surface area contributed by atoms with E-state index in [4.69, 9.17) is 5.11 Å². The Morgan fingerprint density at radius 1 is 1.41 bits per heavy atom. The van der Waals surface area contributed by atoms with Crippen molar-refractivity contribution in [1.29, 1.82) is 0 Å². The zero-order chi connectivity index (χ0) is 16.3. The molecule has 1 aromatic heterocycles. The van der Waals surface area contributed by atoms with Gasteiger partial charge in [0.15, 0.2) is 5.82 Å². The van der Waals surface area contributed by atoms with Gasteiger partial charge in [-0.2, -0.15) is 0 Å². The minimum Gasteiger partial charge on any atom is -0.481 e. The van der Waals surface area contributed by atoms with E-state index >= 15 is 0 Å². The Labute approximate surface area is 132 Å². The third kappa shape index (κ3) is 4.53. The van der Waals surface area contributed by atoms with E-state index in [1.165, 1.54) is 0 Å². The monoisotopic (exact) mass is 308 g/mol. The molecule has 0 bridgehead atoms. The van der Waals surface area contributed by atoms with Crippen LogP contribution in [0, 0.1) is 5.41 Å². The molecule has 6 nitrogen and oxygen atoms in total. The van der Waals surface area contributed by atoms with Crippen molar-refractivity contribution in [2.45, 2.75) is 71.4 Å². The van der Waals surface area contributed by atoms with Crippen molar-refractivity contribution < 1.29 is 9.90 Å². The van der Waals surface area contributed by atoms with E-state index in [0.29, 0.717) is 11.5 Å². The molecule has 0 aliphatic heterocycles. The number of aliphatic carboxylic acids is 1. The molecule has 1 aliphatic rings. The summed E-state index contributed by atoms with van der Waals surface area (Å²) in [6.07, 6.45) is 5.44. The lowest BCUT2D eigenvalue weighted by Crippen LogP contribution is -2.24. The number of aryl methyl sites for hydroxylation is 1. The van der Waals surface area contributed by atoms with Gasteiger partial charge in [-0.3, -0.25) is 4.79 Å². The van der Waals surface area contributed by atoms with Crippen LogP contribution in [0.3, 0.4) is 0 Å². The molecule has 1 aliphatic carbocycles. The number of carboxylic acids is 1. The molecule has 0 radical (unpaired) electrons. The molecule has 1 atom stereocenters. The minimum absolute atomic E-state index is 0.0311. The molecule has 1 aromatic rings. The number of rotatable bonds is 8. The number of aromatic nitrogens is 3. The zero-order valence-corrected chi connectivity index (χ0v) is 14.1. The largest absolute Gasteiger partial charge is 0.481 e. The summed E-state index contributed by atoms with van der Waals surface area (Å²) in [5.74, 6) is 0.963. The van der Waals surface area contributed by atoms with Crippen LogP contribution >= 0.6 is 0 Å². The SMILES string of the molecule is CN[C@@H](CC(=O)O)c1nnc(CCCC(C)(C)C)n1C1CC1. The van der Waals surface area contributed by atoms with E-state index in [-0.39, 0.29) is 12.5 Å². The molecule has 1 fully saturated rings. The van der Waals surface area contributed by atoms with Crippen LogP contribution in [0.25, 0.3) is 0 Å². The Morgan fingerprint density at radius 3 is 2.59 bits per heavy atom. The van der Waals surface area contributed by atoms with Gasteiger partial charge < -0.3 is 15.0 Å². The van der Waals surface area contributed by atoms with Crippen LogP contribution in [0.4, 0.5) is 0 Å². The van der Waals surface area contributed by atoms with Gasteiger partial charge in [-0.1, -0.05) is 20.8 Å². The molecule has 124 valence electrons. The molecule has 0 saturated heterocycles. The summed E-state index contributed by atoms with van der Waals surface area (Å²) >= 11 is 0. The highest BCUT2D eigenvalue weighted by Crippen LogP contribution is 2.38. The summed E-state index contributed by atoms with van der Waals surface area (Å²) in [6.45, 7) is 6.73. The van der Waals surface area contributed by atoms with Gasteiger partial charge in [0.05, 0.1) is 12.5 Å². The van der Waals surface area contributed by atoms with Crippen LogP contribution in [0.2, 0.25) is 0 Å². The standard InChI is InChI=1S/C16H28N4O2/c1-16(2,3)9-5-6-13-18-19-15(20(13)11-7-8-11)12(17-4)10-14(21)22/h11-12,17H,5-10H2,1-4H3,(H,21,22)/t12-/m0/s1. The van der Waals surface area contributed by atoms with Gasteiger partial charge in [0, 0.05) is 12.5 Å². The Balaban J connectivity index is 2.13. The molecular formula is C16H28N4O2. The summed E-state index contributed by atoms with van der Waals surface area (Å²) in [6, 6.07) is 0.182. The first-order chi connectivity index (χ1) is 10.3. The molecule has 22 heavy (non-hydrogen) atoms. The van der Waals surface area contributed by atoms with Gasteiger partial charge >= 0.3 is 5.97 Å². The number of carbonyl (C=O) groups is 1. The summed E-state index contributed by atoms with van der Waals surface area (Å²) in [5, 5.41) is 20.8. The average molecular weight is 308 g/mol. The van der Waals surface area contributed by atoms with Crippen LogP contribution in [-0.4, -0.2) is 32.9 Å². The number of nitrogens with zero attached hydrogens (tertiary/aromatic N) is 3. The zero-order valence-electron chi connectivity index (χ0n) is 14.1. The van der Waals surface area contributed by atoms with Crippen LogP contribution < -0.4 is 5.32 Å². The lowest BCUT2D eigenvalue weighted by molar-refractivity contribution is -0.137. The van der Waals surface area contributed by atoms with Crippen LogP contribution in [0.5, 0.6) is 0 Å². The summed E-state index contributed by atoms with van der Waals surface area (Å²) < 4.78 is 2.19. The normalized spacial score (nSPS) is 16.7. The van der Waals surface area contributed by atoms with E-state index in [1.54, 1.807) is 7.05 Å². The van der Waals surface area contributed by atoms with Crippen molar-refractivity contribution in [3.05, 3.63) is 11.6 Å². The van der Waals surface area contributed by atoms with E-state index in [1.807, 2.05) is 0 Å². The van der Waals surface area contributed by atoms with Crippen molar-refractivity contribution in [2.24, 2.45) is 5.41 Å². The van der Waals surface area contributed by atoms with E-state index in [2.05, 4.69) is 40.9 Å². The molecule has 6 heteroatoms. The van der Waals surface area contributed by atoms with E-state index in [0.717, 1.165) is 43.8 Å². The first-order valence-corrected chi connectivity index (χ1v) is 8.14. The summed E-state index contributed by atoms with van der Waals surface area (Å²) in [5.41, 5.74) is 0.323. The highest BCUT2D eigenvalue weighted by atomic mass is 16.4. The predicted octanol–water partition coefficient (Wildman–Crippen LogP) is 2.72. The van der Waals surface area contributed by atoms with Crippen molar-refractivity contribution >= 4 is 5.97 Å². The van der Waals surface area contributed by atoms with Gasteiger partial charge in [0.1, 0.15) is 5.82 Å². The molecule has 0 spiro atoms. The Morgan fingerprint density at radius 2 is 2.09 bits per heavy atom. The second kappa shape index (κ2) is 6.77. The highest BCUT2D eigenvalue weighted by Gasteiger charge is 2.32. The first-order valence-electron chi connectivity index (χ1n) is 8.14. The molecule has 2 N–H and O–H groups in total. The molecular weight excluding hydrogens is 280 g/mol. The lowest BCUT2D eigenvalue weighted by Gasteiger charge is -2.18. The fraction of sp³-hybridized carbons (Fsp3) is 0.812. The first kappa shape index (κ1) is 16.9. The van der Waals surface area contributed by atoms with Gasteiger partial charge in [0.25, 0.3) is 0 Å². The predicted molar refractivity (Wildman–Crippen MR) is 84.7 cm³/mol. The molecule has 1 heterocycles. The minimum atomic E-state index is -0.820. The average Bonchev–Trinajstić information content (AvgIpc) is 3.16. The van der Waals surface area contributed by atoms with E-state index < -0.39 is 5.97 Å². The maximum atomic E-state index is 11.0. The van der Waals surface area contributed by atoms with Gasteiger partial charge in [-0.25, -0.2) is 0 Å². The fourth-order valence-electron chi connectivity index (χ4n) is 2.75. The van der Waals surface area contributed by atoms with Crippen LogP contribution in [0.15, 0.2) is 0 Å². The maximum Gasteiger partial charge on any atom is 0.305 e. The smallest absolute Gasteiger partial charge is 0.305 e. The van der Waals surface area contributed by atoms with Crippen molar-refractivity contribution in [3.63, 3.8) is 0 Å². The molecule has 0 unspecified atom stereocenters.